The number of carbonyl (C=O) groups excluding carboxylic acids is 1. The molecule has 2 rings (SSSR count). The van der Waals surface area contributed by atoms with Gasteiger partial charge in [-0.2, -0.15) is 13.2 Å². The van der Waals surface area contributed by atoms with E-state index >= 15 is 0 Å². The molecule has 0 aliphatic rings. The predicted molar refractivity (Wildman–Crippen MR) is 93.2 cm³/mol. The third-order valence-corrected chi connectivity index (χ3v) is 3.39. The molecule has 0 unspecified atom stereocenters. The molecule has 0 radical (unpaired) electrons. The molecule has 0 saturated carbocycles. The highest BCUT2D eigenvalue weighted by molar-refractivity contribution is 6.32. The third-order valence-electron chi connectivity index (χ3n) is 3.09. The van der Waals surface area contributed by atoms with Crippen molar-refractivity contribution >= 4 is 23.7 Å². The van der Waals surface area contributed by atoms with Crippen LogP contribution >= 0.6 is 11.6 Å². The molecule has 26 heavy (non-hydrogen) atoms. The van der Waals surface area contributed by atoms with Crippen LogP contribution < -0.4 is 26.9 Å². The van der Waals surface area contributed by atoms with Gasteiger partial charge < -0.3 is 9.75 Å². The molecular formula is C16H18ClF3N4O2. The monoisotopic (exact) mass is 390 g/mol. The average molecular weight is 391 g/mol. The van der Waals surface area contributed by atoms with Gasteiger partial charge in [-0.15, -0.1) is 0 Å². The predicted octanol–water partition coefficient (Wildman–Crippen LogP) is 2.85. The van der Waals surface area contributed by atoms with Gasteiger partial charge in [-0.25, -0.2) is 11.7 Å². The Morgan fingerprint density at radius 2 is 1.85 bits per heavy atom. The lowest BCUT2D eigenvalue weighted by atomic mass is 10.1. The Balaban J connectivity index is 0.000000765. The van der Waals surface area contributed by atoms with Gasteiger partial charge in [-0.05, 0) is 18.2 Å². The molecule has 2 aromatic carbocycles. The maximum atomic E-state index is 13.0. The molecule has 1 amide bonds. The van der Waals surface area contributed by atoms with E-state index in [4.69, 9.17) is 27.0 Å². The van der Waals surface area contributed by atoms with Crippen molar-refractivity contribution in [3.63, 3.8) is 0 Å². The number of nitrogens with one attached hydrogen (secondary N) is 1. The summed E-state index contributed by atoms with van der Waals surface area (Å²) < 4.78 is 44.4. The summed E-state index contributed by atoms with van der Waals surface area (Å²) in [6, 6.07) is 10.2. The van der Waals surface area contributed by atoms with E-state index in [0.29, 0.717) is 12.1 Å². The molecule has 10 heteroatoms. The third kappa shape index (κ3) is 6.10. The fourth-order valence-electron chi connectivity index (χ4n) is 1.99. The number of carbonyl (C=O) groups is 1. The van der Waals surface area contributed by atoms with Crippen LogP contribution in [0.15, 0.2) is 42.5 Å². The van der Waals surface area contributed by atoms with E-state index in [1.54, 1.807) is 30.7 Å². The first-order chi connectivity index (χ1) is 12.2. The first-order valence-electron chi connectivity index (χ1n) is 7.17. The molecule has 6 nitrogen and oxygen atoms in total. The fraction of sp³-hybridized carbons (Fsp3) is 0.188. The maximum absolute atomic E-state index is 13.0. The van der Waals surface area contributed by atoms with E-state index in [1.807, 2.05) is 0 Å². The summed E-state index contributed by atoms with van der Waals surface area (Å²) in [5.74, 6) is 10.3. The zero-order valence-corrected chi connectivity index (χ0v) is 14.5. The van der Waals surface area contributed by atoms with Crippen molar-refractivity contribution in [2.75, 3.05) is 12.1 Å². The number of amides is 1. The number of hydrazine groups is 2. The molecular weight excluding hydrogens is 373 g/mol. The largest absolute Gasteiger partial charge is 0.485 e. The van der Waals surface area contributed by atoms with Gasteiger partial charge >= 0.3 is 6.18 Å². The minimum atomic E-state index is -4.44. The number of rotatable bonds is 5. The van der Waals surface area contributed by atoms with Gasteiger partial charge in [0.1, 0.15) is 6.61 Å². The zero-order valence-electron chi connectivity index (χ0n) is 13.8. The number of ether oxygens (including phenoxy) is 1. The second-order valence-corrected chi connectivity index (χ2v) is 5.33. The smallest absolute Gasteiger partial charge is 0.416 e. The van der Waals surface area contributed by atoms with Crippen LogP contribution in [0.5, 0.6) is 5.75 Å². The van der Waals surface area contributed by atoms with Gasteiger partial charge in [-0.1, -0.05) is 35.9 Å². The molecule has 0 heterocycles. The van der Waals surface area contributed by atoms with E-state index in [-0.39, 0.29) is 22.9 Å². The number of alkyl halides is 3. The summed E-state index contributed by atoms with van der Waals surface area (Å²) in [5.41, 5.74) is 1.53. The number of benzene rings is 2. The summed E-state index contributed by atoms with van der Waals surface area (Å²) >= 11 is 6.04. The SMILES string of the molecule is CN(N)c1cccc(Cl)c1OCc1ccccc1C(F)(F)F.NNC=O. The minimum Gasteiger partial charge on any atom is -0.485 e. The molecule has 2 aromatic rings. The average Bonchev–Trinajstić information content (AvgIpc) is 2.60. The standard InChI is InChI=1S/C15H14ClF3N2O.CH4N2O/c1-21(20)13-8-4-7-12(16)14(13)22-9-10-5-2-3-6-11(10)15(17,18)19;2-3-1-4/h2-8H,9,20H2,1H3;1H,2H2,(H,3,4). The number of para-hydroxylation sites is 1. The van der Waals surface area contributed by atoms with Crippen LogP contribution in [-0.2, 0) is 17.6 Å². The lowest BCUT2D eigenvalue weighted by molar-refractivity contribution is -0.138. The highest BCUT2D eigenvalue weighted by Crippen LogP contribution is 2.36. The van der Waals surface area contributed by atoms with Gasteiger partial charge in [0.2, 0.25) is 6.41 Å². The van der Waals surface area contributed by atoms with Crippen LogP contribution in [0.4, 0.5) is 18.9 Å². The van der Waals surface area contributed by atoms with Crippen molar-refractivity contribution in [1.29, 1.82) is 0 Å². The Hall–Kier alpha value is -2.49. The molecule has 0 atom stereocenters. The number of nitrogens with two attached hydrogens (primary N) is 2. The van der Waals surface area contributed by atoms with Crippen molar-refractivity contribution in [3.8, 4) is 5.75 Å². The van der Waals surface area contributed by atoms with Gasteiger partial charge in [0.25, 0.3) is 0 Å². The number of nitrogens with zero attached hydrogens (tertiary/aromatic N) is 1. The Bertz CT molecular complexity index is 727. The van der Waals surface area contributed by atoms with E-state index in [0.717, 1.165) is 6.07 Å². The van der Waals surface area contributed by atoms with Gasteiger partial charge in [0.05, 0.1) is 16.3 Å². The van der Waals surface area contributed by atoms with Crippen molar-refractivity contribution in [3.05, 3.63) is 58.6 Å². The van der Waals surface area contributed by atoms with Crippen LogP contribution in [0.2, 0.25) is 5.02 Å². The quantitative estimate of drug-likeness (QED) is 0.316. The van der Waals surface area contributed by atoms with Gasteiger partial charge in [0, 0.05) is 12.6 Å². The topological polar surface area (TPSA) is 93.6 Å². The van der Waals surface area contributed by atoms with Crippen LogP contribution in [-0.4, -0.2) is 13.5 Å². The van der Waals surface area contributed by atoms with Crippen LogP contribution in [0, 0.1) is 0 Å². The summed E-state index contributed by atoms with van der Waals surface area (Å²) in [6.45, 7) is -0.264. The molecule has 5 N–H and O–H groups in total. The van der Waals surface area contributed by atoms with E-state index in [1.165, 1.54) is 23.2 Å². The van der Waals surface area contributed by atoms with Crippen molar-refractivity contribution in [1.82, 2.24) is 5.43 Å². The molecule has 0 aromatic heterocycles. The van der Waals surface area contributed by atoms with Crippen LogP contribution in [0.3, 0.4) is 0 Å². The lowest BCUT2D eigenvalue weighted by Crippen LogP contribution is -2.25. The molecule has 0 fully saturated rings. The second kappa shape index (κ2) is 9.85. The van der Waals surface area contributed by atoms with Crippen molar-refractivity contribution < 1.29 is 22.7 Å². The summed E-state index contributed by atoms with van der Waals surface area (Å²) in [4.78, 5) is 8.94. The number of hydrogen-bond acceptors (Lipinski definition) is 5. The molecule has 0 bridgehead atoms. The van der Waals surface area contributed by atoms with Crippen LogP contribution in [0.25, 0.3) is 0 Å². The van der Waals surface area contributed by atoms with E-state index < -0.39 is 11.7 Å². The molecule has 0 saturated heterocycles. The highest BCUT2D eigenvalue weighted by Gasteiger charge is 2.33. The van der Waals surface area contributed by atoms with Crippen LogP contribution in [0.1, 0.15) is 11.1 Å². The number of anilines is 1. The minimum absolute atomic E-state index is 0.0283. The highest BCUT2D eigenvalue weighted by atomic mass is 35.5. The number of halogens is 4. The number of hydrogen-bond donors (Lipinski definition) is 3. The molecule has 142 valence electrons. The normalized spacial score (nSPS) is 10.4. The summed E-state index contributed by atoms with van der Waals surface area (Å²) in [5, 5.41) is 1.57. The Kier molecular flexibility index (Phi) is 8.17. The molecule has 0 aliphatic carbocycles. The second-order valence-electron chi connectivity index (χ2n) is 4.93. The first-order valence-corrected chi connectivity index (χ1v) is 7.54. The maximum Gasteiger partial charge on any atom is 0.416 e. The van der Waals surface area contributed by atoms with Crippen molar-refractivity contribution in [2.24, 2.45) is 11.7 Å². The lowest BCUT2D eigenvalue weighted by Gasteiger charge is -2.19. The molecule has 0 spiro atoms. The summed E-state index contributed by atoms with van der Waals surface area (Å²) in [7, 11) is 1.59. The van der Waals surface area contributed by atoms with Gasteiger partial charge in [-0.3, -0.25) is 10.2 Å². The Morgan fingerprint density at radius 1 is 1.23 bits per heavy atom. The van der Waals surface area contributed by atoms with E-state index in [2.05, 4.69) is 5.84 Å². The fourth-order valence-corrected chi connectivity index (χ4v) is 2.21. The van der Waals surface area contributed by atoms with Gasteiger partial charge in [0.15, 0.2) is 5.75 Å². The zero-order chi connectivity index (χ0) is 19.7. The molecule has 0 aliphatic heterocycles. The Labute approximate surface area is 153 Å². The first kappa shape index (κ1) is 21.6. The Morgan fingerprint density at radius 3 is 2.38 bits per heavy atom. The van der Waals surface area contributed by atoms with E-state index in [9.17, 15) is 13.2 Å². The summed E-state index contributed by atoms with van der Waals surface area (Å²) in [6.07, 6.45) is -4.03. The van der Waals surface area contributed by atoms with Crippen molar-refractivity contribution in [2.45, 2.75) is 12.8 Å².